The molecule has 2 heterocycles. The number of esters is 1. The van der Waals surface area contributed by atoms with E-state index in [-0.39, 0.29) is 0 Å². The molecule has 5 heteroatoms. The quantitative estimate of drug-likeness (QED) is 0.536. The van der Waals surface area contributed by atoms with E-state index in [9.17, 15) is 10.1 Å². The second kappa shape index (κ2) is 6.34. The summed E-state index contributed by atoms with van der Waals surface area (Å²) in [4.78, 5) is 16.0. The summed E-state index contributed by atoms with van der Waals surface area (Å²) < 4.78 is 7.07. The molecule has 0 unspecified atom stereocenters. The lowest BCUT2D eigenvalue weighted by Gasteiger charge is -2.07. The molecule has 2 aromatic carbocycles. The second-order valence-electron chi connectivity index (χ2n) is 6.05. The number of nitriles is 1. The number of aliphatic imine (C=N–C) groups is 1. The Kier molecular flexibility index (Phi) is 3.86. The molecule has 126 valence electrons. The van der Waals surface area contributed by atoms with Crippen LogP contribution in [0.3, 0.4) is 0 Å². The smallest absolute Gasteiger partial charge is 0.363 e. The summed E-state index contributed by atoms with van der Waals surface area (Å²) in [6.07, 6.45) is 3.72. The van der Waals surface area contributed by atoms with E-state index in [1.807, 2.05) is 54.7 Å². The van der Waals surface area contributed by atoms with Crippen molar-refractivity contribution in [2.75, 3.05) is 0 Å². The maximum absolute atomic E-state index is 11.9. The van der Waals surface area contributed by atoms with Crippen molar-refractivity contribution in [2.24, 2.45) is 4.99 Å². The van der Waals surface area contributed by atoms with Gasteiger partial charge in [-0.05, 0) is 23.8 Å². The monoisotopic (exact) mass is 341 g/mol. The highest BCUT2D eigenvalue weighted by molar-refractivity contribution is 6.07. The molecule has 5 nitrogen and oxygen atoms in total. The predicted octanol–water partition coefficient (Wildman–Crippen LogP) is 3.88. The van der Waals surface area contributed by atoms with Gasteiger partial charge in [-0.15, -0.1) is 0 Å². The first-order valence-corrected chi connectivity index (χ1v) is 8.21. The zero-order chi connectivity index (χ0) is 18.1. The Morgan fingerprint density at radius 1 is 1.19 bits per heavy atom. The Labute approximate surface area is 150 Å². The molecule has 1 aliphatic heterocycles. The van der Waals surface area contributed by atoms with Crippen LogP contribution < -0.4 is 0 Å². The van der Waals surface area contributed by atoms with E-state index in [0.717, 1.165) is 22.0 Å². The number of hydrogen-bond donors (Lipinski definition) is 0. The Hall–Kier alpha value is -3.65. The van der Waals surface area contributed by atoms with Crippen LogP contribution >= 0.6 is 0 Å². The largest absolute Gasteiger partial charge is 0.407 e. The number of rotatable bonds is 3. The van der Waals surface area contributed by atoms with Crippen molar-refractivity contribution in [1.82, 2.24) is 4.57 Å². The predicted molar refractivity (Wildman–Crippen MR) is 99.4 cm³/mol. The Bertz CT molecular complexity index is 1130. The number of fused-ring (bicyclic) bond motifs is 1. The first kappa shape index (κ1) is 15.9. The van der Waals surface area contributed by atoms with Crippen molar-refractivity contribution in [3.8, 4) is 6.07 Å². The fourth-order valence-corrected chi connectivity index (χ4v) is 3.13. The van der Waals surface area contributed by atoms with Crippen LogP contribution in [0.5, 0.6) is 0 Å². The van der Waals surface area contributed by atoms with E-state index in [2.05, 4.69) is 15.6 Å². The first-order valence-electron chi connectivity index (χ1n) is 8.21. The lowest BCUT2D eigenvalue weighted by molar-refractivity contribution is -0.130. The fourth-order valence-electron chi connectivity index (χ4n) is 3.13. The number of benzene rings is 2. The number of nitrogens with zero attached hydrogens (tertiary/aromatic N) is 3. The van der Waals surface area contributed by atoms with Gasteiger partial charge in [0.25, 0.3) is 0 Å². The second-order valence-corrected chi connectivity index (χ2v) is 6.05. The molecule has 0 radical (unpaired) electrons. The number of aromatic nitrogens is 1. The van der Waals surface area contributed by atoms with Gasteiger partial charge in [0.1, 0.15) is 0 Å². The van der Waals surface area contributed by atoms with E-state index in [1.54, 1.807) is 13.0 Å². The summed E-state index contributed by atoms with van der Waals surface area (Å²) in [7, 11) is 0. The van der Waals surface area contributed by atoms with Crippen molar-refractivity contribution < 1.29 is 9.53 Å². The Morgan fingerprint density at radius 3 is 2.73 bits per heavy atom. The molecular formula is C21H15N3O2. The lowest BCUT2D eigenvalue weighted by atomic mass is 10.1. The maximum atomic E-state index is 11.9. The molecule has 0 N–H and O–H groups in total. The summed E-state index contributed by atoms with van der Waals surface area (Å²) in [5, 5.41) is 10.3. The average molecular weight is 341 g/mol. The van der Waals surface area contributed by atoms with Crippen LogP contribution in [-0.4, -0.2) is 16.4 Å². The number of carbonyl (C=O) groups is 1. The van der Waals surface area contributed by atoms with E-state index < -0.39 is 5.97 Å². The van der Waals surface area contributed by atoms with Crippen molar-refractivity contribution >= 4 is 28.8 Å². The third-order valence-electron chi connectivity index (χ3n) is 4.32. The van der Waals surface area contributed by atoms with Gasteiger partial charge >= 0.3 is 5.97 Å². The zero-order valence-electron chi connectivity index (χ0n) is 14.1. The average Bonchev–Trinajstić information content (AvgIpc) is 3.15. The Balaban J connectivity index is 1.81. The number of ether oxygens (including phenoxy) is 1. The van der Waals surface area contributed by atoms with Crippen LogP contribution in [0, 0.1) is 11.3 Å². The van der Waals surface area contributed by atoms with Gasteiger partial charge in [0.2, 0.25) is 0 Å². The fraction of sp³-hybridized carbons (Fsp3) is 0.0952. The van der Waals surface area contributed by atoms with Crippen LogP contribution in [-0.2, 0) is 16.1 Å². The maximum Gasteiger partial charge on any atom is 0.363 e. The molecule has 0 saturated heterocycles. The molecular weight excluding hydrogens is 326 g/mol. The third kappa shape index (κ3) is 2.78. The van der Waals surface area contributed by atoms with E-state index >= 15 is 0 Å². The van der Waals surface area contributed by atoms with Gasteiger partial charge < -0.3 is 9.30 Å². The minimum absolute atomic E-state index is 0.294. The minimum atomic E-state index is -0.436. The molecule has 0 aliphatic carbocycles. The highest BCUT2D eigenvalue weighted by Crippen LogP contribution is 2.26. The van der Waals surface area contributed by atoms with Gasteiger partial charge in [-0.3, -0.25) is 0 Å². The normalized spacial score (nSPS) is 15.2. The van der Waals surface area contributed by atoms with Crippen molar-refractivity contribution in [3.05, 3.63) is 77.1 Å². The number of para-hydroxylation sites is 1. The topological polar surface area (TPSA) is 67.4 Å². The van der Waals surface area contributed by atoms with Gasteiger partial charge in [0.15, 0.2) is 11.6 Å². The molecule has 3 aromatic rings. The minimum Gasteiger partial charge on any atom is -0.407 e. The van der Waals surface area contributed by atoms with Crippen LogP contribution in [0.25, 0.3) is 17.0 Å². The summed E-state index contributed by atoms with van der Waals surface area (Å²) in [6, 6.07) is 17.7. The van der Waals surface area contributed by atoms with Crippen LogP contribution in [0.4, 0.5) is 0 Å². The van der Waals surface area contributed by atoms with E-state index in [1.165, 1.54) is 0 Å². The molecule has 1 aromatic heterocycles. The number of hydrogen-bond acceptors (Lipinski definition) is 4. The van der Waals surface area contributed by atoms with Gasteiger partial charge in [-0.1, -0.05) is 36.4 Å². The van der Waals surface area contributed by atoms with Gasteiger partial charge in [-0.25, -0.2) is 9.79 Å². The summed E-state index contributed by atoms with van der Waals surface area (Å²) in [6.45, 7) is 2.22. The molecule has 0 saturated carbocycles. The number of carbonyl (C=O) groups excluding carboxylic acids is 1. The van der Waals surface area contributed by atoms with Crippen molar-refractivity contribution in [1.29, 1.82) is 5.26 Å². The van der Waals surface area contributed by atoms with Crippen molar-refractivity contribution in [2.45, 2.75) is 13.5 Å². The summed E-state index contributed by atoms with van der Waals surface area (Å²) in [5.74, 6) is -0.0814. The van der Waals surface area contributed by atoms with Gasteiger partial charge in [-0.2, -0.15) is 5.26 Å². The molecule has 0 amide bonds. The Morgan fingerprint density at radius 2 is 1.96 bits per heavy atom. The van der Waals surface area contributed by atoms with Gasteiger partial charge in [0, 0.05) is 36.1 Å². The van der Waals surface area contributed by atoms with Gasteiger partial charge in [0.05, 0.1) is 11.6 Å². The van der Waals surface area contributed by atoms with Crippen molar-refractivity contribution in [3.63, 3.8) is 0 Å². The lowest BCUT2D eigenvalue weighted by Crippen LogP contribution is -2.00. The third-order valence-corrected chi connectivity index (χ3v) is 4.32. The molecule has 0 fully saturated rings. The summed E-state index contributed by atoms with van der Waals surface area (Å²) in [5.41, 5.74) is 3.82. The molecule has 1 aliphatic rings. The van der Waals surface area contributed by atoms with E-state index in [0.29, 0.717) is 23.7 Å². The van der Waals surface area contributed by atoms with Crippen LogP contribution in [0.15, 0.2) is 65.4 Å². The number of cyclic esters (lactones) is 1. The van der Waals surface area contributed by atoms with E-state index in [4.69, 9.17) is 4.74 Å². The highest BCUT2D eigenvalue weighted by Gasteiger charge is 2.20. The molecule has 4 rings (SSSR count). The molecule has 0 atom stereocenters. The molecule has 0 spiro atoms. The zero-order valence-corrected chi connectivity index (χ0v) is 14.1. The standard InChI is InChI=1S/C21H15N3O2/c1-14-23-19(21(25)26-14)10-17-13-24(20-9-5-4-8-18(17)20)12-16-7-3-2-6-15(16)11-22/h2-10,13H,12H2,1H3/b19-10+. The highest BCUT2D eigenvalue weighted by atomic mass is 16.6. The SMILES string of the molecule is CC1=N/C(=C/c2cn(Cc3ccccc3C#N)c3ccccc23)C(=O)O1. The molecule has 26 heavy (non-hydrogen) atoms. The first-order chi connectivity index (χ1) is 12.7. The van der Waals surface area contributed by atoms with Crippen LogP contribution in [0.1, 0.15) is 23.6 Å². The molecule has 0 bridgehead atoms. The van der Waals surface area contributed by atoms with Crippen LogP contribution in [0.2, 0.25) is 0 Å². The summed E-state index contributed by atoms with van der Waals surface area (Å²) >= 11 is 0.